The molecule has 168 valence electrons. The Morgan fingerprint density at radius 2 is 1.97 bits per heavy atom. The summed E-state index contributed by atoms with van der Waals surface area (Å²) < 4.78 is 5.41. The lowest BCUT2D eigenvalue weighted by Gasteiger charge is -2.34. The van der Waals surface area contributed by atoms with Crippen LogP contribution in [0.1, 0.15) is 49.0 Å². The minimum atomic E-state index is -0.0966. The van der Waals surface area contributed by atoms with Gasteiger partial charge in [0.25, 0.3) is 11.8 Å². The van der Waals surface area contributed by atoms with Gasteiger partial charge in [-0.15, -0.1) is 0 Å². The average Bonchev–Trinajstić information content (AvgIpc) is 2.80. The van der Waals surface area contributed by atoms with E-state index in [-0.39, 0.29) is 17.9 Å². The van der Waals surface area contributed by atoms with Crippen LogP contribution in [0, 0.1) is 11.8 Å². The number of hydrogen-bond acceptors (Lipinski definition) is 4. The highest BCUT2D eigenvalue weighted by atomic mass is 32.2. The zero-order valence-electron chi connectivity index (χ0n) is 19.1. The van der Waals surface area contributed by atoms with Crippen molar-refractivity contribution in [1.82, 2.24) is 5.32 Å². The van der Waals surface area contributed by atoms with Crippen LogP contribution in [0.2, 0.25) is 0 Å². The molecule has 1 aliphatic carbocycles. The maximum Gasteiger partial charge on any atom is 0.264 e. The third-order valence-electron chi connectivity index (χ3n) is 6.77. The van der Waals surface area contributed by atoms with Gasteiger partial charge in [0.1, 0.15) is 5.75 Å². The molecule has 2 aromatic carbocycles. The van der Waals surface area contributed by atoms with Crippen LogP contribution in [0.25, 0.3) is 6.08 Å². The maximum atomic E-state index is 13.1. The fourth-order valence-corrected chi connectivity index (χ4v) is 5.58. The van der Waals surface area contributed by atoms with Crippen molar-refractivity contribution < 1.29 is 14.3 Å². The van der Waals surface area contributed by atoms with Crippen LogP contribution in [-0.4, -0.2) is 32.0 Å². The van der Waals surface area contributed by atoms with Crippen molar-refractivity contribution in [3.63, 3.8) is 0 Å². The Morgan fingerprint density at radius 1 is 1.19 bits per heavy atom. The predicted molar refractivity (Wildman–Crippen MR) is 130 cm³/mol. The van der Waals surface area contributed by atoms with Gasteiger partial charge in [-0.2, -0.15) is 0 Å². The average molecular weight is 451 g/mol. The van der Waals surface area contributed by atoms with E-state index in [1.54, 1.807) is 19.1 Å². The second-order valence-corrected chi connectivity index (χ2v) is 9.83. The summed E-state index contributed by atoms with van der Waals surface area (Å²) in [4.78, 5) is 29.2. The Hall–Kier alpha value is -2.73. The van der Waals surface area contributed by atoms with Gasteiger partial charge < -0.3 is 15.0 Å². The number of amides is 2. The summed E-state index contributed by atoms with van der Waals surface area (Å²) >= 11 is 1.42. The summed E-state index contributed by atoms with van der Waals surface area (Å²) in [5.41, 5.74) is 2.20. The van der Waals surface area contributed by atoms with Gasteiger partial charge in [-0.1, -0.05) is 56.7 Å². The van der Waals surface area contributed by atoms with E-state index < -0.39 is 0 Å². The molecule has 6 heteroatoms. The topological polar surface area (TPSA) is 58.6 Å². The number of benzene rings is 2. The number of para-hydroxylation sites is 1. The first-order valence-electron chi connectivity index (χ1n) is 11.1. The highest BCUT2D eigenvalue weighted by molar-refractivity contribution is 8.04. The van der Waals surface area contributed by atoms with Gasteiger partial charge in [-0.3, -0.25) is 9.59 Å². The molecule has 1 saturated carbocycles. The number of hydrogen-bond donors (Lipinski definition) is 1. The van der Waals surface area contributed by atoms with E-state index in [1.165, 1.54) is 18.2 Å². The first-order chi connectivity index (χ1) is 15.4. The third-order valence-corrected chi connectivity index (χ3v) is 7.84. The smallest absolute Gasteiger partial charge is 0.264 e. The molecule has 0 bridgehead atoms. The summed E-state index contributed by atoms with van der Waals surface area (Å²) in [5, 5.41) is 3.23. The molecule has 0 unspecified atom stereocenters. The molecule has 0 spiro atoms. The van der Waals surface area contributed by atoms with Crippen molar-refractivity contribution >= 4 is 35.3 Å². The molecular formula is C26H30N2O3S. The zero-order valence-corrected chi connectivity index (χ0v) is 19.9. The first-order valence-corrected chi connectivity index (χ1v) is 12.0. The molecular weight excluding hydrogens is 420 g/mol. The summed E-state index contributed by atoms with van der Waals surface area (Å²) in [7, 11) is 3.37. The lowest BCUT2D eigenvalue weighted by molar-refractivity contribution is -0.114. The molecule has 2 aliphatic rings. The van der Waals surface area contributed by atoms with Crippen LogP contribution >= 0.6 is 11.8 Å². The van der Waals surface area contributed by atoms with Crippen molar-refractivity contribution in [3.8, 4) is 5.75 Å². The van der Waals surface area contributed by atoms with Crippen molar-refractivity contribution in [2.24, 2.45) is 11.8 Å². The van der Waals surface area contributed by atoms with E-state index in [0.29, 0.717) is 22.3 Å². The number of thioether (sulfide) groups is 1. The van der Waals surface area contributed by atoms with Crippen LogP contribution in [0.5, 0.6) is 5.75 Å². The minimum absolute atomic E-state index is 0.0695. The van der Waals surface area contributed by atoms with Crippen LogP contribution < -0.4 is 15.0 Å². The normalized spacial score (nSPS) is 24.2. The van der Waals surface area contributed by atoms with E-state index >= 15 is 0 Å². The molecule has 2 aromatic rings. The maximum absolute atomic E-state index is 13.1. The molecule has 5 nitrogen and oxygen atoms in total. The Labute approximate surface area is 194 Å². The molecule has 32 heavy (non-hydrogen) atoms. The summed E-state index contributed by atoms with van der Waals surface area (Å²) in [6.07, 6.45) is 5.25. The van der Waals surface area contributed by atoms with Crippen LogP contribution in [0.4, 0.5) is 5.69 Å². The molecule has 3 atom stereocenters. The highest BCUT2D eigenvalue weighted by Crippen LogP contribution is 2.42. The Balaban J connectivity index is 1.56. The number of nitrogens with zero attached hydrogens (tertiary/aromatic N) is 1. The summed E-state index contributed by atoms with van der Waals surface area (Å²) in [6, 6.07) is 13.4. The van der Waals surface area contributed by atoms with Gasteiger partial charge in [0, 0.05) is 29.1 Å². The number of carbonyl (C=O) groups excluding carboxylic acids is 2. The van der Waals surface area contributed by atoms with Crippen molar-refractivity contribution in [2.45, 2.75) is 44.0 Å². The summed E-state index contributed by atoms with van der Waals surface area (Å²) in [5.74, 6) is 1.64. The molecule has 1 heterocycles. The van der Waals surface area contributed by atoms with Crippen molar-refractivity contribution in [3.05, 3.63) is 58.5 Å². The first kappa shape index (κ1) is 22.5. The Morgan fingerprint density at radius 3 is 2.75 bits per heavy atom. The van der Waals surface area contributed by atoms with Gasteiger partial charge in [0.2, 0.25) is 0 Å². The third kappa shape index (κ3) is 4.42. The Bertz CT molecular complexity index is 1060. The summed E-state index contributed by atoms with van der Waals surface area (Å²) in [6.45, 7) is 4.48. The lowest BCUT2D eigenvalue weighted by atomic mass is 9.78. The molecule has 0 aromatic heterocycles. The zero-order chi connectivity index (χ0) is 22.8. The second kappa shape index (κ2) is 9.41. The molecule has 1 fully saturated rings. The molecule has 1 aliphatic heterocycles. The standard InChI is InChI=1S/C26H30N2O3S/c1-16-8-7-10-20(17(16)2)27-25(29)19-12-13-23-21(14-19)28(3)26(30)24(32-23)15-18-9-5-6-11-22(18)31-4/h5-6,9,11-17,20H,7-8,10H2,1-4H3,(H,27,29)/b24-15+/t16-,17+,20-/m1/s1. The quantitative estimate of drug-likeness (QED) is 0.637. The van der Waals surface area contributed by atoms with E-state index in [2.05, 4.69) is 19.2 Å². The number of rotatable bonds is 4. The largest absolute Gasteiger partial charge is 0.496 e. The highest BCUT2D eigenvalue weighted by Gasteiger charge is 2.30. The SMILES string of the molecule is COc1ccccc1/C=C1/Sc2ccc(C(=O)N[C@@H]3CCC[C@@H](C)[C@@H]3C)cc2N(C)C1=O. The van der Waals surface area contributed by atoms with E-state index in [9.17, 15) is 9.59 Å². The predicted octanol–water partition coefficient (Wildman–Crippen LogP) is 5.36. The van der Waals surface area contributed by atoms with Crippen molar-refractivity contribution in [2.75, 3.05) is 19.1 Å². The van der Waals surface area contributed by atoms with Gasteiger partial charge in [0.05, 0.1) is 17.7 Å². The fraction of sp³-hybridized carbons (Fsp3) is 0.385. The number of carbonyl (C=O) groups is 2. The fourth-order valence-electron chi connectivity index (χ4n) is 4.50. The minimum Gasteiger partial charge on any atom is -0.496 e. The second-order valence-electron chi connectivity index (χ2n) is 8.75. The van der Waals surface area contributed by atoms with E-state index in [1.807, 2.05) is 48.5 Å². The van der Waals surface area contributed by atoms with Gasteiger partial charge in [-0.25, -0.2) is 0 Å². The monoisotopic (exact) mass is 450 g/mol. The van der Waals surface area contributed by atoms with Gasteiger partial charge in [0.15, 0.2) is 0 Å². The van der Waals surface area contributed by atoms with Crippen molar-refractivity contribution in [1.29, 1.82) is 0 Å². The number of anilines is 1. The molecule has 1 N–H and O–H groups in total. The van der Waals surface area contributed by atoms with Gasteiger partial charge >= 0.3 is 0 Å². The van der Waals surface area contributed by atoms with E-state index in [4.69, 9.17) is 4.74 Å². The number of methoxy groups -OCH3 is 1. The number of ether oxygens (including phenoxy) is 1. The number of nitrogens with one attached hydrogen (secondary N) is 1. The van der Waals surface area contributed by atoms with E-state index in [0.717, 1.165) is 34.7 Å². The Kier molecular flexibility index (Phi) is 6.60. The lowest BCUT2D eigenvalue weighted by Crippen LogP contribution is -2.43. The van der Waals surface area contributed by atoms with Crippen LogP contribution in [-0.2, 0) is 4.79 Å². The number of likely N-dealkylation sites (N-methyl/N-ethyl adjacent to an activating group) is 1. The molecule has 2 amide bonds. The molecule has 0 saturated heterocycles. The van der Waals surface area contributed by atoms with Crippen LogP contribution in [0.15, 0.2) is 52.3 Å². The van der Waals surface area contributed by atoms with Gasteiger partial charge in [-0.05, 0) is 48.6 Å². The molecule has 4 rings (SSSR count). The molecule has 0 radical (unpaired) electrons. The van der Waals surface area contributed by atoms with Crippen LogP contribution in [0.3, 0.4) is 0 Å². The number of fused-ring (bicyclic) bond motifs is 1.